The van der Waals surface area contributed by atoms with E-state index in [2.05, 4.69) is 17.1 Å². The zero-order valence-corrected chi connectivity index (χ0v) is 12.2. The van der Waals surface area contributed by atoms with E-state index in [0.29, 0.717) is 0 Å². The minimum atomic E-state index is -0.204. The highest BCUT2D eigenvalue weighted by Crippen LogP contribution is 1.98. The first-order valence-corrected chi connectivity index (χ1v) is 6.73. The molecule has 0 aromatic heterocycles. The number of nitrogens with zero attached hydrogens (tertiary/aromatic N) is 1. The Hall–Kier alpha value is -0.650. The van der Waals surface area contributed by atoms with Crippen molar-refractivity contribution in [1.82, 2.24) is 10.2 Å². The van der Waals surface area contributed by atoms with E-state index in [-0.39, 0.29) is 12.0 Å². The van der Waals surface area contributed by atoms with Crippen molar-refractivity contribution in [2.24, 2.45) is 0 Å². The summed E-state index contributed by atoms with van der Waals surface area (Å²) in [6.45, 7) is 8.12. The number of ether oxygens (including phenoxy) is 2. The predicted molar refractivity (Wildman–Crippen MR) is 72.7 cm³/mol. The highest BCUT2D eigenvalue weighted by molar-refractivity contribution is 5.75. The Morgan fingerprint density at radius 3 is 2.61 bits per heavy atom. The van der Waals surface area contributed by atoms with Crippen molar-refractivity contribution in [3.63, 3.8) is 0 Å². The summed E-state index contributed by atoms with van der Waals surface area (Å²) in [5.41, 5.74) is 0. The quantitative estimate of drug-likeness (QED) is 0.441. The van der Waals surface area contributed by atoms with Crippen LogP contribution in [-0.2, 0) is 14.3 Å². The van der Waals surface area contributed by atoms with Gasteiger partial charge in [0.25, 0.3) is 0 Å². The molecule has 1 unspecified atom stereocenters. The fourth-order valence-electron chi connectivity index (χ4n) is 1.59. The van der Waals surface area contributed by atoms with Crippen LogP contribution in [0, 0.1) is 0 Å². The van der Waals surface area contributed by atoms with Crippen LogP contribution in [0.2, 0.25) is 0 Å². The van der Waals surface area contributed by atoms with Gasteiger partial charge in [0.05, 0.1) is 13.7 Å². The van der Waals surface area contributed by atoms with Gasteiger partial charge in [-0.05, 0) is 39.9 Å². The van der Waals surface area contributed by atoms with Crippen molar-refractivity contribution in [3.8, 4) is 0 Å². The zero-order valence-electron chi connectivity index (χ0n) is 12.2. The van der Waals surface area contributed by atoms with E-state index in [1.807, 2.05) is 14.0 Å². The molecule has 0 amide bonds. The zero-order chi connectivity index (χ0) is 13.8. The fourth-order valence-corrected chi connectivity index (χ4v) is 1.59. The summed E-state index contributed by atoms with van der Waals surface area (Å²) in [6, 6.07) is -0.204. The van der Waals surface area contributed by atoms with Crippen LogP contribution in [0.1, 0.15) is 26.7 Å². The molecule has 5 heteroatoms. The van der Waals surface area contributed by atoms with E-state index < -0.39 is 0 Å². The number of likely N-dealkylation sites (N-methyl/N-ethyl adjacent to an activating group) is 1. The second-order valence-electron chi connectivity index (χ2n) is 4.32. The lowest BCUT2D eigenvalue weighted by Crippen LogP contribution is -2.40. The molecule has 0 aliphatic carbocycles. The molecule has 0 radical (unpaired) electrons. The van der Waals surface area contributed by atoms with Crippen molar-refractivity contribution in [2.45, 2.75) is 32.7 Å². The van der Waals surface area contributed by atoms with Crippen molar-refractivity contribution >= 4 is 5.97 Å². The van der Waals surface area contributed by atoms with Gasteiger partial charge in [0.2, 0.25) is 0 Å². The van der Waals surface area contributed by atoms with E-state index in [0.717, 1.165) is 45.7 Å². The summed E-state index contributed by atoms with van der Waals surface area (Å²) in [6.07, 6.45) is 1.77. The average molecular weight is 260 g/mol. The predicted octanol–water partition coefficient (Wildman–Crippen LogP) is 0.886. The van der Waals surface area contributed by atoms with Crippen LogP contribution >= 0.6 is 0 Å². The molecule has 1 atom stereocenters. The SMILES string of the molecule is CCCNC(CCN(C)CCOCC)C(=O)OC. The monoisotopic (exact) mass is 260 g/mol. The molecule has 0 aliphatic rings. The number of nitrogens with one attached hydrogen (secondary N) is 1. The molecule has 0 aromatic rings. The smallest absolute Gasteiger partial charge is 0.322 e. The molecule has 5 nitrogen and oxygen atoms in total. The van der Waals surface area contributed by atoms with Crippen LogP contribution < -0.4 is 5.32 Å². The molecule has 1 N–H and O–H groups in total. The Balaban J connectivity index is 3.89. The molecule has 0 heterocycles. The van der Waals surface area contributed by atoms with Gasteiger partial charge in [-0.2, -0.15) is 0 Å². The minimum Gasteiger partial charge on any atom is -0.468 e. The molecule has 0 saturated heterocycles. The highest BCUT2D eigenvalue weighted by atomic mass is 16.5. The van der Waals surface area contributed by atoms with Gasteiger partial charge < -0.3 is 19.7 Å². The summed E-state index contributed by atoms with van der Waals surface area (Å²) in [4.78, 5) is 13.7. The van der Waals surface area contributed by atoms with E-state index >= 15 is 0 Å². The molecule has 0 aliphatic heterocycles. The Kier molecular flexibility index (Phi) is 11.0. The van der Waals surface area contributed by atoms with Gasteiger partial charge in [0.15, 0.2) is 0 Å². The third kappa shape index (κ3) is 8.44. The van der Waals surface area contributed by atoms with Crippen molar-refractivity contribution in [2.75, 3.05) is 47.0 Å². The molecule has 0 fully saturated rings. The lowest BCUT2D eigenvalue weighted by Gasteiger charge is -2.21. The van der Waals surface area contributed by atoms with E-state index in [4.69, 9.17) is 9.47 Å². The third-order valence-corrected chi connectivity index (χ3v) is 2.75. The molecular formula is C13H28N2O3. The Morgan fingerprint density at radius 1 is 1.33 bits per heavy atom. The van der Waals surface area contributed by atoms with Gasteiger partial charge >= 0.3 is 5.97 Å². The largest absolute Gasteiger partial charge is 0.468 e. The van der Waals surface area contributed by atoms with Gasteiger partial charge in [-0.15, -0.1) is 0 Å². The van der Waals surface area contributed by atoms with Crippen molar-refractivity contribution < 1.29 is 14.3 Å². The maximum absolute atomic E-state index is 11.6. The molecule has 0 saturated carbocycles. The first-order chi connectivity index (χ1) is 8.65. The molecule has 0 spiro atoms. The van der Waals surface area contributed by atoms with Crippen LogP contribution in [0.3, 0.4) is 0 Å². The lowest BCUT2D eigenvalue weighted by molar-refractivity contribution is -0.143. The Morgan fingerprint density at radius 2 is 2.06 bits per heavy atom. The Labute approximate surface area is 111 Å². The van der Waals surface area contributed by atoms with Gasteiger partial charge in [0.1, 0.15) is 6.04 Å². The molecular weight excluding hydrogens is 232 g/mol. The maximum atomic E-state index is 11.6. The van der Waals surface area contributed by atoms with Gasteiger partial charge in [-0.25, -0.2) is 0 Å². The van der Waals surface area contributed by atoms with Crippen LogP contribution in [0.5, 0.6) is 0 Å². The van der Waals surface area contributed by atoms with Gasteiger partial charge in [-0.1, -0.05) is 6.92 Å². The van der Waals surface area contributed by atoms with Gasteiger partial charge in [0, 0.05) is 13.2 Å². The molecule has 108 valence electrons. The third-order valence-electron chi connectivity index (χ3n) is 2.75. The van der Waals surface area contributed by atoms with Crippen molar-refractivity contribution in [1.29, 1.82) is 0 Å². The summed E-state index contributed by atoms with van der Waals surface area (Å²) in [7, 11) is 3.47. The fraction of sp³-hybridized carbons (Fsp3) is 0.923. The summed E-state index contributed by atoms with van der Waals surface area (Å²) in [5, 5.41) is 3.21. The maximum Gasteiger partial charge on any atom is 0.322 e. The number of hydrogen-bond donors (Lipinski definition) is 1. The normalized spacial score (nSPS) is 12.7. The summed E-state index contributed by atoms with van der Waals surface area (Å²) >= 11 is 0. The second-order valence-corrected chi connectivity index (χ2v) is 4.32. The molecule has 0 rings (SSSR count). The number of methoxy groups -OCH3 is 1. The number of carbonyl (C=O) groups is 1. The highest BCUT2D eigenvalue weighted by Gasteiger charge is 2.18. The standard InChI is InChI=1S/C13H28N2O3/c1-5-8-14-12(13(16)17-4)7-9-15(3)10-11-18-6-2/h12,14H,5-11H2,1-4H3. The minimum absolute atomic E-state index is 0.179. The Bertz CT molecular complexity index is 212. The van der Waals surface area contributed by atoms with Crippen LogP contribution in [0.4, 0.5) is 0 Å². The van der Waals surface area contributed by atoms with E-state index in [1.165, 1.54) is 7.11 Å². The second kappa shape index (κ2) is 11.4. The average Bonchev–Trinajstić information content (AvgIpc) is 2.38. The van der Waals surface area contributed by atoms with E-state index in [1.54, 1.807) is 0 Å². The molecule has 0 bridgehead atoms. The van der Waals surface area contributed by atoms with Crippen LogP contribution in [0.25, 0.3) is 0 Å². The first-order valence-electron chi connectivity index (χ1n) is 6.73. The summed E-state index contributed by atoms with van der Waals surface area (Å²) in [5.74, 6) is -0.179. The number of rotatable bonds is 11. The molecule has 18 heavy (non-hydrogen) atoms. The van der Waals surface area contributed by atoms with Crippen molar-refractivity contribution in [3.05, 3.63) is 0 Å². The van der Waals surface area contributed by atoms with Gasteiger partial charge in [-0.3, -0.25) is 4.79 Å². The van der Waals surface area contributed by atoms with Crippen LogP contribution in [0.15, 0.2) is 0 Å². The summed E-state index contributed by atoms with van der Waals surface area (Å²) < 4.78 is 10.1. The van der Waals surface area contributed by atoms with E-state index in [9.17, 15) is 4.79 Å². The lowest BCUT2D eigenvalue weighted by atomic mass is 10.2. The number of carbonyl (C=O) groups excluding carboxylic acids is 1. The number of esters is 1. The molecule has 0 aromatic carbocycles. The van der Waals surface area contributed by atoms with Crippen LogP contribution in [-0.4, -0.2) is 63.9 Å². The number of hydrogen-bond acceptors (Lipinski definition) is 5. The first kappa shape index (κ1) is 17.4. The topological polar surface area (TPSA) is 50.8 Å².